The minimum absolute atomic E-state index is 0. The molecule has 0 spiro atoms. The van der Waals surface area contributed by atoms with Crippen molar-refractivity contribution in [1.29, 1.82) is 0 Å². The van der Waals surface area contributed by atoms with Crippen LogP contribution in [0.1, 0.15) is 13.3 Å². The molecule has 0 aromatic heterocycles. The first kappa shape index (κ1) is 16.1. The summed E-state index contributed by atoms with van der Waals surface area (Å²) in [5, 5.41) is 0. The van der Waals surface area contributed by atoms with Crippen LogP contribution in [-0.4, -0.2) is 58.0 Å². The van der Waals surface area contributed by atoms with E-state index in [1.807, 2.05) is 0 Å². The number of rotatable bonds is 7. The second-order valence-electron chi connectivity index (χ2n) is 4.65. The fraction of sp³-hybridized carbons (Fsp3) is 1.00. The van der Waals surface area contributed by atoms with Crippen molar-refractivity contribution in [3.63, 3.8) is 0 Å². The van der Waals surface area contributed by atoms with Crippen LogP contribution in [0.4, 0.5) is 0 Å². The van der Waals surface area contributed by atoms with Crippen molar-refractivity contribution >= 4 is 12.4 Å². The molecule has 0 saturated carbocycles. The first-order valence-corrected chi connectivity index (χ1v) is 5.69. The highest BCUT2D eigenvalue weighted by atomic mass is 35.5. The molecule has 0 bridgehead atoms. The summed E-state index contributed by atoms with van der Waals surface area (Å²) in [5.41, 5.74) is 6.08. The van der Waals surface area contributed by atoms with E-state index in [2.05, 4.69) is 11.8 Å². The van der Waals surface area contributed by atoms with Crippen molar-refractivity contribution in [3.05, 3.63) is 0 Å². The normalized spacial score (nSPS) is 25.7. The molecule has 2 N–H and O–H groups in total. The first-order valence-electron chi connectivity index (χ1n) is 5.69. The summed E-state index contributed by atoms with van der Waals surface area (Å²) >= 11 is 0. The van der Waals surface area contributed by atoms with Gasteiger partial charge in [-0.15, -0.1) is 12.4 Å². The Bertz CT molecular complexity index is 183. The summed E-state index contributed by atoms with van der Waals surface area (Å²) in [6, 6.07) is 0. The molecular formula is C11H25ClN2O2. The first-order chi connectivity index (χ1) is 7.20. The Hall–Kier alpha value is 0.130. The fourth-order valence-electron chi connectivity index (χ4n) is 1.92. The van der Waals surface area contributed by atoms with E-state index in [9.17, 15) is 0 Å². The van der Waals surface area contributed by atoms with Crippen molar-refractivity contribution in [1.82, 2.24) is 4.90 Å². The van der Waals surface area contributed by atoms with Crippen LogP contribution in [0.2, 0.25) is 0 Å². The Kier molecular flexibility index (Phi) is 8.32. The number of nitrogens with two attached hydrogens (primary N) is 1. The van der Waals surface area contributed by atoms with Crippen LogP contribution in [0.15, 0.2) is 0 Å². The summed E-state index contributed by atoms with van der Waals surface area (Å²) in [6.45, 7) is 8.49. The van der Waals surface area contributed by atoms with Crippen LogP contribution in [0.3, 0.4) is 0 Å². The van der Waals surface area contributed by atoms with Crippen molar-refractivity contribution in [2.75, 3.05) is 53.1 Å². The number of halogens is 1. The summed E-state index contributed by atoms with van der Waals surface area (Å²) in [5.74, 6) is 0. The highest BCUT2D eigenvalue weighted by Gasteiger charge is 2.31. The largest absolute Gasteiger partial charge is 0.382 e. The van der Waals surface area contributed by atoms with Crippen molar-refractivity contribution < 1.29 is 9.47 Å². The third-order valence-corrected chi connectivity index (χ3v) is 3.11. The summed E-state index contributed by atoms with van der Waals surface area (Å²) in [6.07, 6.45) is 1.21. The average molecular weight is 253 g/mol. The van der Waals surface area contributed by atoms with Gasteiger partial charge in [0.15, 0.2) is 0 Å². The number of likely N-dealkylation sites (tertiary alicyclic amines) is 1. The van der Waals surface area contributed by atoms with E-state index in [-0.39, 0.29) is 12.4 Å². The van der Waals surface area contributed by atoms with Gasteiger partial charge in [0.1, 0.15) is 0 Å². The van der Waals surface area contributed by atoms with Gasteiger partial charge in [-0.25, -0.2) is 0 Å². The van der Waals surface area contributed by atoms with Gasteiger partial charge in [0.2, 0.25) is 0 Å². The van der Waals surface area contributed by atoms with Crippen molar-refractivity contribution in [2.45, 2.75) is 13.3 Å². The molecule has 1 unspecified atom stereocenters. The molecule has 0 aromatic rings. The standard InChI is InChI=1S/C11H24N2O2.ClH/c1-11(9-12)3-4-13(10-11)5-6-15-8-7-14-2;/h3-10,12H2,1-2H3;1H. The van der Waals surface area contributed by atoms with Crippen LogP contribution in [0.5, 0.6) is 0 Å². The monoisotopic (exact) mass is 252 g/mol. The number of hydrogen-bond donors (Lipinski definition) is 1. The molecule has 0 amide bonds. The van der Waals surface area contributed by atoms with Crippen LogP contribution in [0.25, 0.3) is 0 Å². The molecule has 1 atom stereocenters. The fourth-order valence-corrected chi connectivity index (χ4v) is 1.92. The van der Waals surface area contributed by atoms with E-state index in [1.54, 1.807) is 7.11 Å². The molecule has 0 radical (unpaired) electrons. The molecule has 4 nitrogen and oxygen atoms in total. The van der Waals surface area contributed by atoms with Crippen molar-refractivity contribution in [2.24, 2.45) is 11.1 Å². The maximum absolute atomic E-state index is 5.75. The van der Waals surface area contributed by atoms with E-state index >= 15 is 0 Å². The lowest BCUT2D eigenvalue weighted by atomic mass is 9.90. The minimum Gasteiger partial charge on any atom is -0.382 e. The summed E-state index contributed by atoms with van der Waals surface area (Å²) in [7, 11) is 1.69. The zero-order valence-corrected chi connectivity index (χ0v) is 11.2. The molecule has 1 rings (SSSR count). The molecule has 0 aliphatic carbocycles. The van der Waals surface area contributed by atoms with Gasteiger partial charge < -0.3 is 20.1 Å². The molecule has 5 heteroatoms. The zero-order valence-electron chi connectivity index (χ0n) is 10.4. The van der Waals surface area contributed by atoms with E-state index in [0.29, 0.717) is 18.6 Å². The average Bonchev–Trinajstić information content (AvgIpc) is 2.61. The van der Waals surface area contributed by atoms with Crippen LogP contribution < -0.4 is 5.73 Å². The minimum atomic E-state index is 0. The smallest absolute Gasteiger partial charge is 0.0700 e. The second kappa shape index (κ2) is 8.25. The summed E-state index contributed by atoms with van der Waals surface area (Å²) < 4.78 is 10.3. The molecule has 1 aliphatic heterocycles. The van der Waals surface area contributed by atoms with Gasteiger partial charge in [-0.1, -0.05) is 6.92 Å². The van der Waals surface area contributed by atoms with E-state index < -0.39 is 0 Å². The number of methoxy groups -OCH3 is 1. The Morgan fingerprint density at radius 2 is 2.06 bits per heavy atom. The predicted molar refractivity (Wildman–Crippen MR) is 68.2 cm³/mol. The third-order valence-electron chi connectivity index (χ3n) is 3.11. The van der Waals surface area contributed by atoms with E-state index in [1.165, 1.54) is 6.42 Å². The maximum atomic E-state index is 5.75. The van der Waals surface area contributed by atoms with Gasteiger partial charge in [0.05, 0.1) is 19.8 Å². The van der Waals surface area contributed by atoms with Gasteiger partial charge in [0, 0.05) is 20.2 Å². The second-order valence-corrected chi connectivity index (χ2v) is 4.65. The zero-order chi connectivity index (χ0) is 11.1. The van der Waals surface area contributed by atoms with Crippen LogP contribution >= 0.6 is 12.4 Å². The summed E-state index contributed by atoms with van der Waals surface area (Å²) in [4.78, 5) is 2.43. The lowest BCUT2D eigenvalue weighted by Gasteiger charge is -2.22. The van der Waals surface area contributed by atoms with Gasteiger partial charge in [-0.3, -0.25) is 0 Å². The number of nitrogens with zero attached hydrogens (tertiary/aromatic N) is 1. The lowest BCUT2D eigenvalue weighted by Crippen LogP contribution is -2.32. The van der Waals surface area contributed by atoms with Gasteiger partial charge in [-0.2, -0.15) is 0 Å². The van der Waals surface area contributed by atoms with Crippen LogP contribution in [0, 0.1) is 5.41 Å². The molecular weight excluding hydrogens is 228 g/mol. The molecule has 1 heterocycles. The highest BCUT2D eigenvalue weighted by molar-refractivity contribution is 5.85. The maximum Gasteiger partial charge on any atom is 0.0700 e. The van der Waals surface area contributed by atoms with Crippen molar-refractivity contribution in [3.8, 4) is 0 Å². The van der Waals surface area contributed by atoms with Gasteiger partial charge in [0.25, 0.3) is 0 Å². The number of ether oxygens (including phenoxy) is 2. The molecule has 1 aliphatic rings. The molecule has 1 saturated heterocycles. The highest BCUT2D eigenvalue weighted by Crippen LogP contribution is 2.27. The number of hydrogen-bond acceptors (Lipinski definition) is 4. The predicted octanol–water partition coefficient (Wildman–Crippen LogP) is 0.742. The van der Waals surface area contributed by atoms with E-state index in [0.717, 1.165) is 32.8 Å². The molecule has 0 aromatic carbocycles. The molecule has 98 valence electrons. The van der Waals surface area contributed by atoms with Gasteiger partial charge in [-0.05, 0) is 24.9 Å². The Balaban J connectivity index is 0.00000225. The Morgan fingerprint density at radius 3 is 2.62 bits per heavy atom. The van der Waals surface area contributed by atoms with Gasteiger partial charge >= 0.3 is 0 Å². The van der Waals surface area contributed by atoms with Crippen LogP contribution in [-0.2, 0) is 9.47 Å². The van der Waals surface area contributed by atoms with E-state index in [4.69, 9.17) is 15.2 Å². The molecule has 16 heavy (non-hydrogen) atoms. The quantitative estimate of drug-likeness (QED) is 0.679. The molecule has 1 fully saturated rings. The Morgan fingerprint density at radius 1 is 1.31 bits per heavy atom. The Labute approximate surface area is 105 Å². The topological polar surface area (TPSA) is 47.7 Å². The third kappa shape index (κ3) is 5.46. The lowest BCUT2D eigenvalue weighted by molar-refractivity contribution is 0.0591. The SMILES string of the molecule is COCCOCCN1CCC(C)(CN)C1.Cl.